The third-order valence-corrected chi connectivity index (χ3v) is 4.07. The molecule has 5 heteroatoms. The van der Waals surface area contributed by atoms with Crippen LogP contribution < -0.4 is 4.90 Å². The summed E-state index contributed by atoms with van der Waals surface area (Å²) in [5, 5.41) is 0. The summed E-state index contributed by atoms with van der Waals surface area (Å²) in [6.45, 7) is 10.6. The van der Waals surface area contributed by atoms with Gasteiger partial charge < -0.3 is 4.74 Å². The monoisotopic (exact) mass is 331 g/mol. The first kappa shape index (κ1) is 18.4. The third kappa shape index (κ3) is 4.79. The average molecular weight is 331 g/mol. The number of aliphatic imine (C=N–C) groups is 1. The summed E-state index contributed by atoms with van der Waals surface area (Å²) in [4.78, 5) is 23.3. The van der Waals surface area contributed by atoms with Crippen molar-refractivity contribution in [2.24, 2.45) is 4.99 Å². The summed E-state index contributed by atoms with van der Waals surface area (Å²) >= 11 is 0. The highest BCUT2D eigenvalue weighted by atomic mass is 16.6. The van der Waals surface area contributed by atoms with Crippen molar-refractivity contribution in [1.29, 1.82) is 0 Å². The van der Waals surface area contributed by atoms with Crippen LogP contribution in [0.1, 0.15) is 65.9 Å². The molecule has 0 saturated carbocycles. The number of anilines is 1. The fourth-order valence-corrected chi connectivity index (χ4v) is 2.63. The fourth-order valence-electron chi connectivity index (χ4n) is 2.63. The molecule has 1 aromatic heterocycles. The number of hydrogen-bond acceptors (Lipinski definition) is 4. The van der Waals surface area contributed by atoms with Gasteiger partial charge in [0.1, 0.15) is 11.4 Å². The Balaban J connectivity index is 2.23. The van der Waals surface area contributed by atoms with E-state index < -0.39 is 5.60 Å². The minimum absolute atomic E-state index is 0.0187. The van der Waals surface area contributed by atoms with Crippen LogP contribution in [0.3, 0.4) is 0 Å². The summed E-state index contributed by atoms with van der Waals surface area (Å²) in [7, 11) is 0. The van der Waals surface area contributed by atoms with Crippen LogP contribution in [0.2, 0.25) is 0 Å². The molecule has 5 nitrogen and oxygen atoms in total. The van der Waals surface area contributed by atoms with E-state index >= 15 is 0 Å². The number of hydrogen-bond donors (Lipinski definition) is 0. The zero-order valence-corrected chi connectivity index (χ0v) is 15.5. The van der Waals surface area contributed by atoms with Crippen LogP contribution >= 0.6 is 0 Å². The predicted octanol–water partition coefficient (Wildman–Crippen LogP) is 4.59. The SMILES string of the molecule is CCC(C)N(C(=O)OC(C)(C)C)c1ccc(C2=NCCCC2)cn1. The Morgan fingerprint density at radius 3 is 2.58 bits per heavy atom. The molecule has 0 aromatic carbocycles. The molecule has 0 aliphatic carbocycles. The van der Waals surface area contributed by atoms with Gasteiger partial charge in [-0.25, -0.2) is 9.78 Å². The van der Waals surface area contributed by atoms with Crippen LogP contribution in [0.25, 0.3) is 0 Å². The maximum atomic E-state index is 12.6. The van der Waals surface area contributed by atoms with E-state index in [4.69, 9.17) is 4.74 Å². The van der Waals surface area contributed by atoms with Gasteiger partial charge >= 0.3 is 6.09 Å². The molecule has 132 valence electrons. The molecule has 24 heavy (non-hydrogen) atoms. The Morgan fingerprint density at radius 1 is 1.33 bits per heavy atom. The Bertz CT molecular complexity index is 588. The molecule has 1 aliphatic rings. The molecule has 1 aliphatic heterocycles. The van der Waals surface area contributed by atoms with Crippen LogP contribution in [0, 0.1) is 0 Å². The lowest BCUT2D eigenvalue weighted by atomic mass is 10.0. The van der Waals surface area contributed by atoms with Gasteiger partial charge in [0, 0.05) is 30.1 Å². The predicted molar refractivity (Wildman–Crippen MR) is 98.0 cm³/mol. The van der Waals surface area contributed by atoms with Crippen molar-refractivity contribution in [3.05, 3.63) is 23.9 Å². The second-order valence-electron chi connectivity index (χ2n) is 7.30. The molecule has 0 fully saturated rings. The second-order valence-corrected chi connectivity index (χ2v) is 7.30. The van der Waals surface area contributed by atoms with E-state index in [9.17, 15) is 4.79 Å². The first-order valence-electron chi connectivity index (χ1n) is 8.84. The molecule has 2 rings (SSSR count). The zero-order chi connectivity index (χ0) is 17.7. The average Bonchev–Trinajstić information content (AvgIpc) is 2.54. The lowest BCUT2D eigenvalue weighted by Gasteiger charge is -2.30. The highest BCUT2D eigenvalue weighted by molar-refractivity contribution is 6.01. The standard InChI is InChI=1S/C19H29N3O2/c1-6-14(2)22(18(23)24-19(3,4)5)17-11-10-15(13-21-17)16-9-7-8-12-20-16/h10-11,13-14H,6-9,12H2,1-5H3. The molecule has 0 spiro atoms. The van der Waals surface area contributed by atoms with E-state index in [1.165, 1.54) is 6.42 Å². The van der Waals surface area contributed by atoms with Gasteiger partial charge in [0.05, 0.1) is 0 Å². The van der Waals surface area contributed by atoms with E-state index in [1.54, 1.807) is 4.90 Å². The highest BCUT2D eigenvalue weighted by Crippen LogP contribution is 2.21. The van der Waals surface area contributed by atoms with E-state index in [2.05, 4.69) is 9.98 Å². The van der Waals surface area contributed by atoms with Crippen molar-refractivity contribution in [2.45, 2.75) is 71.9 Å². The van der Waals surface area contributed by atoms with Crippen LogP contribution in [0.4, 0.5) is 10.6 Å². The topological polar surface area (TPSA) is 54.8 Å². The van der Waals surface area contributed by atoms with Crippen molar-refractivity contribution >= 4 is 17.6 Å². The lowest BCUT2D eigenvalue weighted by Crippen LogP contribution is -2.42. The lowest BCUT2D eigenvalue weighted by molar-refractivity contribution is 0.0566. The van der Waals surface area contributed by atoms with Gasteiger partial charge in [-0.2, -0.15) is 0 Å². The minimum atomic E-state index is -0.528. The number of pyridine rings is 1. The van der Waals surface area contributed by atoms with E-state index in [-0.39, 0.29) is 12.1 Å². The normalized spacial score (nSPS) is 16.3. The number of ether oxygens (including phenoxy) is 1. The zero-order valence-electron chi connectivity index (χ0n) is 15.5. The molecule has 0 bridgehead atoms. The fraction of sp³-hybridized carbons (Fsp3) is 0.632. The number of nitrogens with zero attached hydrogens (tertiary/aromatic N) is 3. The minimum Gasteiger partial charge on any atom is -0.443 e. The number of amides is 1. The van der Waals surface area contributed by atoms with Gasteiger partial charge in [0.15, 0.2) is 0 Å². The Morgan fingerprint density at radius 2 is 2.08 bits per heavy atom. The highest BCUT2D eigenvalue weighted by Gasteiger charge is 2.27. The van der Waals surface area contributed by atoms with Gasteiger partial charge in [-0.1, -0.05) is 6.92 Å². The van der Waals surface area contributed by atoms with Crippen LogP contribution in [0.5, 0.6) is 0 Å². The molecule has 1 unspecified atom stereocenters. The molecular weight excluding hydrogens is 302 g/mol. The van der Waals surface area contributed by atoms with Crippen molar-refractivity contribution in [3.8, 4) is 0 Å². The summed E-state index contributed by atoms with van der Waals surface area (Å²) in [6.07, 6.45) is 5.64. The molecule has 2 heterocycles. The van der Waals surface area contributed by atoms with Crippen molar-refractivity contribution in [3.63, 3.8) is 0 Å². The molecule has 1 amide bonds. The van der Waals surface area contributed by atoms with E-state index in [0.29, 0.717) is 5.82 Å². The van der Waals surface area contributed by atoms with Crippen molar-refractivity contribution in [2.75, 3.05) is 11.4 Å². The smallest absolute Gasteiger partial charge is 0.416 e. The van der Waals surface area contributed by atoms with Crippen molar-refractivity contribution < 1.29 is 9.53 Å². The maximum Gasteiger partial charge on any atom is 0.416 e. The van der Waals surface area contributed by atoms with E-state index in [0.717, 1.165) is 37.1 Å². The molecule has 0 saturated heterocycles. The van der Waals surface area contributed by atoms with E-state index in [1.807, 2.05) is 52.9 Å². The maximum absolute atomic E-state index is 12.6. The number of carbonyl (C=O) groups excluding carboxylic acids is 1. The Labute approximate surface area is 145 Å². The number of rotatable bonds is 4. The van der Waals surface area contributed by atoms with Crippen LogP contribution in [0.15, 0.2) is 23.3 Å². The molecular formula is C19H29N3O2. The van der Waals surface area contributed by atoms with Crippen LogP contribution in [-0.2, 0) is 4.74 Å². The Hall–Kier alpha value is -1.91. The van der Waals surface area contributed by atoms with Gasteiger partial charge in [-0.15, -0.1) is 0 Å². The first-order valence-corrected chi connectivity index (χ1v) is 8.84. The number of carbonyl (C=O) groups is 1. The van der Waals surface area contributed by atoms with Crippen LogP contribution in [-0.4, -0.2) is 35.0 Å². The quantitative estimate of drug-likeness (QED) is 0.810. The molecule has 1 aromatic rings. The van der Waals surface area contributed by atoms with Gasteiger partial charge in [-0.05, 0) is 65.5 Å². The van der Waals surface area contributed by atoms with Gasteiger partial charge in [0.25, 0.3) is 0 Å². The molecule has 0 radical (unpaired) electrons. The Kier molecular flexibility index (Phi) is 5.97. The first-order chi connectivity index (χ1) is 11.3. The molecule has 0 N–H and O–H groups in total. The summed E-state index contributed by atoms with van der Waals surface area (Å²) in [5.41, 5.74) is 1.64. The summed E-state index contributed by atoms with van der Waals surface area (Å²) in [5.74, 6) is 0.624. The summed E-state index contributed by atoms with van der Waals surface area (Å²) in [6, 6.07) is 3.92. The molecule has 1 atom stereocenters. The van der Waals surface area contributed by atoms with Gasteiger partial charge in [-0.3, -0.25) is 9.89 Å². The summed E-state index contributed by atoms with van der Waals surface area (Å²) < 4.78 is 5.55. The number of aromatic nitrogens is 1. The largest absolute Gasteiger partial charge is 0.443 e. The van der Waals surface area contributed by atoms with Crippen molar-refractivity contribution in [1.82, 2.24) is 4.98 Å². The second kappa shape index (κ2) is 7.77. The van der Waals surface area contributed by atoms with Gasteiger partial charge in [0.2, 0.25) is 0 Å². The third-order valence-electron chi connectivity index (χ3n) is 4.07.